The van der Waals surface area contributed by atoms with E-state index in [0.717, 1.165) is 24.5 Å². The van der Waals surface area contributed by atoms with Crippen molar-refractivity contribution in [2.24, 2.45) is 0 Å². The minimum Gasteiger partial charge on any atom is -0.353 e. The van der Waals surface area contributed by atoms with Gasteiger partial charge in [-0.25, -0.2) is 4.98 Å². The van der Waals surface area contributed by atoms with Gasteiger partial charge in [0.25, 0.3) is 11.8 Å². The molecule has 2 aliphatic rings. The van der Waals surface area contributed by atoms with E-state index in [-0.39, 0.29) is 30.7 Å². The number of amides is 3. The van der Waals surface area contributed by atoms with Gasteiger partial charge in [-0.1, -0.05) is 17.7 Å². The van der Waals surface area contributed by atoms with Crippen molar-refractivity contribution >= 4 is 23.5 Å². The SMILES string of the molecule is Cc1ccc2c(c1)C(=O)N(CCC(=O)N1CCN(c3ccccn3)CC1)C2=O. The molecule has 0 saturated carbocycles. The number of nitrogens with zero attached hydrogens (tertiary/aromatic N) is 4. The van der Waals surface area contributed by atoms with Crippen LogP contribution in [0.5, 0.6) is 0 Å². The van der Waals surface area contributed by atoms with E-state index in [2.05, 4.69) is 9.88 Å². The lowest BCUT2D eigenvalue weighted by Gasteiger charge is -2.35. The van der Waals surface area contributed by atoms with Crippen molar-refractivity contribution in [2.75, 3.05) is 37.6 Å². The number of pyridine rings is 1. The Kier molecular flexibility index (Phi) is 4.81. The summed E-state index contributed by atoms with van der Waals surface area (Å²) in [5.41, 5.74) is 1.79. The topological polar surface area (TPSA) is 73.8 Å². The molecule has 28 heavy (non-hydrogen) atoms. The molecule has 3 amide bonds. The average molecular weight is 378 g/mol. The smallest absolute Gasteiger partial charge is 0.261 e. The van der Waals surface area contributed by atoms with Crippen LogP contribution in [-0.2, 0) is 4.79 Å². The van der Waals surface area contributed by atoms with E-state index in [0.29, 0.717) is 24.2 Å². The fourth-order valence-electron chi connectivity index (χ4n) is 3.70. The number of rotatable bonds is 4. The zero-order chi connectivity index (χ0) is 19.7. The van der Waals surface area contributed by atoms with Crippen LogP contribution in [0.1, 0.15) is 32.7 Å². The molecular formula is C21H22N4O3. The zero-order valence-electron chi connectivity index (χ0n) is 15.8. The maximum atomic E-state index is 12.6. The lowest BCUT2D eigenvalue weighted by Crippen LogP contribution is -2.49. The first-order valence-electron chi connectivity index (χ1n) is 9.45. The van der Waals surface area contributed by atoms with E-state index >= 15 is 0 Å². The first-order valence-corrected chi connectivity index (χ1v) is 9.45. The van der Waals surface area contributed by atoms with E-state index < -0.39 is 0 Å². The van der Waals surface area contributed by atoms with Crippen molar-refractivity contribution in [1.82, 2.24) is 14.8 Å². The van der Waals surface area contributed by atoms with Crippen molar-refractivity contribution in [3.05, 3.63) is 59.3 Å². The van der Waals surface area contributed by atoms with Gasteiger partial charge in [-0.3, -0.25) is 19.3 Å². The minimum atomic E-state index is -0.312. The molecule has 0 unspecified atom stereocenters. The minimum absolute atomic E-state index is 0.0339. The van der Waals surface area contributed by atoms with E-state index in [1.165, 1.54) is 4.90 Å². The first-order chi connectivity index (χ1) is 13.5. The number of hydrogen-bond donors (Lipinski definition) is 0. The third kappa shape index (κ3) is 3.35. The highest BCUT2D eigenvalue weighted by molar-refractivity contribution is 6.21. The Hall–Kier alpha value is -3.22. The molecule has 0 N–H and O–H groups in total. The quantitative estimate of drug-likeness (QED) is 0.758. The van der Waals surface area contributed by atoms with Crippen molar-refractivity contribution in [1.29, 1.82) is 0 Å². The molecular weight excluding hydrogens is 356 g/mol. The van der Waals surface area contributed by atoms with E-state index in [1.807, 2.05) is 31.2 Å². The lowest BCUT2D eigenvalue weighted by atomic mass is 10.1. The molecule has 4 rings (SSSR count). The van der Waals surface area contributed by atoms with Crippen molar-refractivity contribution < 1.29 is 14.4 Å². The highest BCUT2D eigenvalue weighted by Crippen LogP contribution is 2.24. The third-order valence-corrected chi connectivity index (χ3v) is 5.28. The maximum absolute atomic E-state index is 12.6. The number of hydrogen-bond acceptors (Lipinski definition) is 5. The van der Waals surface area contributed by atoms with Gasteiger partial charge in [0.2, 0.25) is 5.91 Å². The monoisotopic (exact) mass is 378 g/mol. The number of aryl methyl sites for hydroxylation is 1. The van der Waals surface area contributed by atoms with Crippen LogP contribution in [0.2, 0.25) is 0 Å². The number of fused-ring (bicyclic) bond motifs is 1. The van der Waals surface area contributed by atoms with Crippen LogP contribution in [0.4, 0.5) is 5.82 Å². The molecule has 2 aliphatic heterocycles. The predicted molar refractivity (Wildman–Crippen MR) is 104 cm³/mol. The van der Waals surface area contributed by atoms with Gasteiger partial charge >= 0.3 is 0 Å². The molecule has 7 nitrogen and oxygen atoms in total. The van der Waals surface area contributed by atoms with Crippen molar-refractivity contribution in [3.63, 3.8) is 0 Å². The molecule has 144 valence electrons. The summed E-state index contributed by atoms with van der Waals surface area (Å²) in [5, 5.41) is 0. The fourth-order valence-corrected chi connectivity index (χ4v) is 3.70. The maximum Gasteiger partial charge on any atom is 0.261 e. The molecule has 7 heteroatoms. The second-order valence-corrected chi connectivity index (χ2v) is 7.12. The zero-order valence-corrected chi connectivity index (χ0v) is 15.8. The standard InChI is InChI=1S/C21H22N4O3/c1-15-5-6-16-17(14-15)21(28)25(20(16)27)9-7-19(26)24-12-10-23(11-13-24)18-4-2-3-8-22-18/h2-6,8,14H,7,9-13H2,1H3. The van der Waals surface area contributed by atoms with Gasteiger partial charge in [0, 0.05) is 45.3 Å². The van der Waals surface area contributed by atoms with Crippen molar-refractivity contribution in [3.8, 4) is 0 Å². The number of carbonyl (C=O) groups excluding carboxylic acids is 3. The molecule has 3 heterocycles. The molecule has 1 saturated heterocycles. The molecule has 0 atom stereocenters. The number of aromatic nitrogens is 1. The summed E-state index contributed by atoms with van der Waals surface area (Å²) < 4.78 is 0. The second kappa shape index (κ2) is 7.42. The van der Waals surface area contributed by atoms with Gasteiger partial charge in [0.15, 0.2) is 0 Å². The first kappa shape index (κ1) is 18.2. The Morgan fingerprint density at radius 3 is 2.46 bits per heavy atom. The van der Waals surface area contributed by atoms with E-state index in [9.17, 15) is 14.4 Å². The van der Waals surface area contributed by atoms with Crippen molar-refractivity contribution in [2.45, 2.75) is 13.3 Å². The van der Waals surface area contributed by atoms with Gasteiger partial charge in [-0.2, -0.15) is 0 Å². The highest BCUT2D eigenvalue weighted by atomic mass is 16.2. The largest absolute Gasteiger partial charge is 0.353 e. The normalized spacial score (nSPS) is 16.5. The molecule has 1 fully saturated rings. The van der Waals surface area contributed by atoms with Crippen LogP contribution in [0.15, 0.2) is 42.6 Å². The number of anilines is 1. The van der Waals surface area contributed by atoms with Crippen LogP contribution in [-0.4, -0.2) is 65.2 Å². The Morgan fingerprint density at radius 1 is 1.00 bits per heavy atom. The average Bonchev–Trinajstić information content (AvgIpc) is 2.96. The molecule has 0 spiro atoms. The van der Waals surface area contributed by atoms with Crippen LogP contribution in [0.25, 0.3) is 0 Å². The summed E-state index contributed by atoms with van der Waals surface area (Å²) in [7, 11) is 0. The number of carbonyl (C=O) groups is 3. The van der Waals surface area contributed by atoms with Crippen LogP contribution in [0.3, 0.4) is 0 Å². The second-order valence-electron chi connectivity index (χ2n) is 7.12. The molecule has 0 radical (unpaired) electrons. The molecule has 1 aromatic heterocycles. The predicted octanol–water partition coefficient (Wildman–Crippen LogP) is 1.72. The Morgan fingerprint density at radius 2 is 1.75 bits per heavy atom. The van der Waals surface area contributed by atoms with Gasteiger partial charge in [0.05, 0.1) is 11.1 Å². The molecule has 2 aromatic rings. The number of imide groups is 1. The van der Waals surface area contributed by atoms with Crippen LogP contribution < -0.4 is 4.90 Å². The van der Waals surface area contributed by atoms with Gasteiger partial charge in [-0.15, -0.1) is 0 Å². The Bertz CT molecular complexity index is 921. The highest BCUT2D eigenvalue weighted by Gasteiger charge is 2.35. The third-order valence-electron chi connectivity index (χ3n) is 5.28. The summed E-state index contributed by atoms with van der Waals surface area (Å²) in [6.07, 6.45) is 1.91. The van der Waals surface area contributed by atoms with E-state index in [4.69, 9.17) is 0 Å². The molecule has 1 aromatic carbocycles. The summed E-state index contributed by atoms with van der Waals surface area (Å²) in [6.45, 7) is 4.65. The van der Waals surface area contributed by atoms with Crippen LogP contribution >= 0.6 is 0 Å². The van der Waals surface area contributed by atoms with Gasteiger partial charge in [-0.05, 0) is 31.2 Å². The summed E-state index contributed by atoms with van der Waals surface area (Å²) in [6, 6.07) is 11.0. The summed E-state index contributed by atoms with van der Waals surface area (Å²) >= 11 is 0. The Labute approximate surface area is 163 Å². The molecule has 0 bridgehead atoms. The van der Waals surface area contributed by atoms with Gasteiger partial charge < -0.3 is 9.80 Å². The molecule has 0 aliphatic carbocycles. The lowest BCUT2D eigenvalue weighted by molar-refractivity contribution is -0.131. The van der Waals surface area contributed by atoms with Gasteiger partial charge in [0.1, 0.15) is 5.82 Å². The Balaban J connectivity index is 1.32. The summed E-state index contributed by atoms with van der Waals surface area (Å²) in [4.78, 5) is 47.0. The van der Waals surface area contributed by atoms with E-state index in [1.54, 1.807) is 23.2 Å². The summed E-state index contributed by atoms with van der Waals surface area (Å²) in [5.74, 6) is 0.258. The fraction of sp³-hybridized carbons (Fsp3) is 0.333. The number of benzene rings is 1. The van der Waals surface area contributed by atoms with Crippen LogP contribution in [0, 0.1) is 6.92 Å². The number of piperazine rings is 1.